The number of hydrogen-bond acceptors (Lipinski definition) is 6. The maximum Gasteiger partial charge on any atom is 0.351 e. The van der Waals surface area contributed by atoms with Crippen LogP contribution < -0.4 is 11.4 Å². The second-order valence-corrected chi connectivity index (χ2v) is 5.53. The third-order valence-corrected chi connectivity index (χ3v) is 3.86. The number of rotatable bonds is 5. The molecule has 0 aromatic carbocycles. The summed E-state index contributed by atoms with van der Waals surface area (Å²) < 4.78 is 13.2. The van der Waals surface area contributed by atoms with Crippen molar-refractivity contribution in [2.75, 3.05) is 18.9 Å². The van der Waals surface area contributed by atoms with Gasteiger partial charge in [0.2, 0.25) is 0 Å². The molecule has 3 atom stereocenters. The van der Waals surface area contributed by atoms with Gasteiger partial charge < -0.3 is 20.3 Å². The van der Waals surface area contributed by atoms with Gasteiger partial charge in [-0.25, -0.2) is 4.79 Å². The molecule has 110 valence electrons. The molecule has 1 aliphatic heterocycles. The van der Waals surface area contributed by atoms with E-state index in [2.05, 4.69) is 11.6 Å². The first-order valence-electron chi connectivity index (χ1n) is 6.09. The number of ether oxygens (including phenoxy) is 2. The molecule has 1 aromatic heterocycles. The number of nitrogens with zero attached hydrogens (tertiary/aromatic N) is 2. The van der Waals surface area contributed by atoms with E-state index in [4.69, 9.17) is 15.2 Å². The molecule has 1 fully saturated rings. The molecule has 1 saturated heterocycles. The van der Waals surface area contributed by atoms with E-state index in [1.54, 1.807) is 12.3 Å². The quantitative estimate of drug-likeness (QED) is 0.551. The molecule has 0 aliphatic carbocycles. The average Bonchev–Trinajstić information content (AvgIpc) is 2.83. The van der Waals surface area contributed by atoms with Crippen LogP contribution in [-0.4, -0.2) is 40.1 Å². The highest BCUT2D eigenvalue weighted by Crippen LogP contribution is 2.30. The van der Waals surface area contributed by atoms with Crippen LogP contribution >= 0.6 is 22.6 Å². The van der Waals surface area contributed by atoms with E-state index in [1.165, 1.54) is 4.57 Å². The smallest absolute Gasteiger partial charge is 0.351 e. The largest absolute Gasteiger partial charge is 0.394 e. The summed E-state index contributed by atoms with van der Waals surface area (Å²) in [5.74, 6) is 0.197. The first kappa shape index (κ1) is 15.4. The van der Waals surface area contributed by atoms with Crippen molar-refractivity contribution in [2.45, 2.75) is 24.9 Å². The highest BCUT2D eigenvalue weighted by atomic mass is 127. The molecule has 2 rings (SSSR count). The minimum atomic E-state index is -0.518. The highest BCUT2D eigenvalue weighted by Gasteiger charge is 2.37. The SMILES string of the molecule is C=CCOC1CC(n2cc(I)c(N)nc2=O)OC1CO. The van der Waals surface area contributed by atoms with Crippen molar-refractivity contribution in [3.63, 3.8) is 0 Å². The number of aliphatic hydroxyl groups excluding tert-OH is 1. The summed E-state index contributed by atoms with van der Waals surface area (Å²) in [5, 5.41) is 9.31. The minimum absolute atomic E-state index is 0.174. The van der Waals surface area contributed by atoms with Crippen molar-refractivity contribution in [3.8, 4) is 0 Å². The molecule has 0 bridgehead atoms. The van der Waals surface area contributed by atoms with Gasteiger partial charge in [0.1, 0.15) is 18.1 Å². The lowest BCUT2D eigenvalue weighted by Crippen LogP contribution is -2.29. The standard InChI is InChI=1S/C12H16IN3O4/c1-2-3-19-8-4-10(20-9(8)6-17)16-5-7(13)11(14)15-12(16)18/h2,5,8-10,17H,1,3-4,6H2,(H2,14,15,18). The van der Waals surface area contributed by atoms with Crippen LogP contribution in [-0.2, 0) is 9.47 Å². The Morgan fingerprint density at radius 1 is 1.75 bits per heavy atom. The Bertz CT molecular complexity index is 548. The predicted octanol–water partition coefficient (Wildman–Crippen LogP) is 0.281. The maximum atomic E-state index is 11.9. The summed E-state index contributed by atoms with van der Waals surface area (Å²) in [4.78, 5) is 15.6. The summed E-state index contributed by atoms with van der Waals surface area (Å²) in [7, 11) is 0. The number of nitrogens with two attached hydrogens (primary N) is 1. The molecule has 7 nitrogen and oxygen atoms in total. The third-order valence-electron chi connectivity index (χ3n) is 3.03. The summed E-state index contributed by atoms with van der Waals surface area (Å²) in [6.07, 6.45) is 2.41. The highest BCUT2D eigenvalue weighted by molar-refractivity contribution is 14.1. The number of nitrogen functional groups attached to an aromatic ring is 1. The summed E-state index contributed by atoms with van der Waals surface area (Å²) in [5.41, 5.74) is 5.11. The molecule has 3 unspecified atom stereocenters. The van der Waals surface area contributed by atoms with Crippen molar-refractivity contribution < 1.29 is 14.6 Å². The van der Waals surface area contributed by atoms with Crippen LogP contribution in [0.3, 0.4) is 0 Å². The van der Waals surface area contributed by atoms with E-state index in [1.807, 2.05) is 22.6 Å². The van der Waals surface area contributed by atoms with Gasteiger partial charge in [0.25, 0.3) is 0 Å². The van der Waals surface area contributed by atoms with Crippen LogP contribution in [0.2, 0.25) is 0 Å². The van der Waals surface area contributed by atoms with Gasteiger partial charge in [-0.05, 0) is 22.6 Å². The summed E-state index contributed by atoms with van der Waals surface area (Å²) >= 11 is 2.00. The number of halogens is 1. The van der Waals surface area contributed by atoms with Crippen molar-refractivity contribution in [1.29, 1.82) is 0 Å². The van der Waals surface area contributed by atoms with Crippen LogP contribution in [0.4, 0.5) is 5.82 Å². The molecule has 0 radical (unpaired) electrons. The van der Waals surface area contributed by atoms with Crippen molar-refractivity contribution in [1.82, 2.24) is 9.55 Å². The second kappa shape index (κ2) is 6.66. The van der Waals surface area contributed by atoms with E-state index >= 15 is 0 Å². The van der Waals surface area contributed by atoms with Crippen LogP contribution in [0.25, 0.3) is 0 Å². The Morgan fingerprint density at radius 2 is 2.50 bits per heavy atom. The first-order chi connectivity index (χ1) is 9.56. The van der Waals surface area contributed by atoms with Gasteiger partial charge in [-0.2, -0.15) is 4.98 Å². The molecule has 8 heteroatoms. The average molecular weight is 393 g/mol. The van der Waals surface area contributed by atoms with Crippen molar-refractivity contribution in [3.05, 3.63) is 32.9 Å². The Kier molecular flexibility index (Phi) is 5.13. The lowest BCUT2D eigenvalue weighted by atomic mass is 10.2. The lowest BCUT2D eigenvalue weighted by Gasteiger charge is -2.15. The molecule has 0 spiro atoms. The normalized spacial score (nSPS) is 25.8. The molecule has 0 saturated carbocycles. The van der Waals surface area contributed by atoms with Gasteiger partial charge in [0, 0.05) is 12.6 Å². The van der Waals surface area contributed by atoms with Gasteiger partial charge in [0.15, 0.2) is 0 Å². The molecule has 0 amide bonds. The predicted molar refractivity (Wildman–Crippen MR) is 81.2 cm³/mol. The van der Waals surface area contributed by atoms with Gasteiger partial charge in [-0.3, -0.25) is 4.57 Å². The molecule has 1 aromatic rings. The number of anilines is 1. The lowest BCUT2D eigenvalue weighted by molar-refractivity contribution is -0.0581. The number of aliphatic hydroxyl groups is 1. The van der Waals surface area contributed by atoms with Gasteiger partial charge >= 0.3 is 5.69 Å². The zero-order valence-corrected chi connectivity index (χ0v) is 12.9. The van der Waals surface area contributed by atoms with E-state index in [-0.39, 0.29) is 18.5 Å². The van der Waals surface area contributed by atoms with Crippen molar-refractivity contribution >= 4 is 28.4 Å². The fourth-order valence-electron chi connectivity index (χ4n) is 2.07. The Balaban J connectivity index is 2.20. The second-order valence-electron chi connectivity index (χ2n) is 4.37. The Morgan fingerprint density at radius 3 is 3.15 bits per heavy atom. The Hall–Kier alpha value is -0.970. The van der Waals surface area contributed by atoms with Crippen molar-refractivity contribution in [2.24, 2.45) is 0 Å². The minimum Gasteiger partial charge on any atom is -0.394 e. The first-order valence-corrected chi connectivity index (χ1v) is 7.17. The maximum absolute atomic E-state index is 11.9. The van der Waals surface area contributed by atoms with Gasteiger partial charge in [-0.1, -0.05) is 6.08 Å². The molecular formula is C12H16IN3O4. The molecule has 20 heavy (non-hydrogen) atoms. The van der Waals surface area contributed by atoms with E-state index < -0.39 is 18.0 Å². The molecule has 3 N–H and O–H groups in total. The van der Waals surface area contributed by atoms with E-state index in [0.717, 1.165) is 0 Å². The van der Waals surface area contributed by atoms with Crippen LogP contribution in [0.5, 0.6) is 0 Å². The monoisotopic (exact) mass is 393 g/mol. The fourth-order valence-corrected chi connectivity index (χ4v) is 2.49. The molecular weight excluding hydrogens is 377 g/mol. The third kappa shape index (κ3) is 3.19. The van der Waals surface area contributed by atoms with Gasteiger partial charge in [-0.15, -0.1) is 6.58 Å². The Labute approximate surface area is 129 Å². The number of aromatic nitrogens is 2. The summed E-state index contributed by atoms with van der Waals surface area (Å²) in [6.45, 7) is 3.77. The zero-order valence-electron chi connectivity index (χ0n) is 10.7. The fraction of sp³-hybridized carbons (Fsp3) is 0.500. The molecule has 1 aliphatic rings. The van der Waals surface area contributed by atoms with Crippen LogP contribution in [0, 0.1) is 3.57 Å². The number of hydrogen-bond donors (Lipinski definition) is 2. The summed E-state index contributed by atoms with van der Waals surface area (Å²) in [6, 6.07) is 0. The van der Waals surface area contributed by atoms with Crippen LogP contribution in [0.15, 0.2) is 23.6 Å². The van der Waals surface area contributed by atoms with E-state index in [9.17, 15) is 9.90 Å². The van der Waals surface area contributed by atoms with Crippen LogP contribution in [0.1, 0.15) is 12.6 Å². The zero-order chi connectivity index (χ0) is 14.7. The van der Waals surface area contributed by atoms with Gasteiger partial charge in [0.05, 0.1) is 22.9 Å². The van der Waals surface area contributed by atoms with E-state index in [0.29, 0.717) is 16.6 Å². The topological polar surface area (TPSA) is 99.6 Å². The molecule has 2 heterocycles.